The van der Waals surface area contributed by atoms with Gasteiger partial charge in [0.15, 0.2) is 5.76 Å². The summed E-state index contributed by atoms with van der Waals surface area (Å²) < 4.78 is 32.1. The van der Waals surface area contributed by atoms with E-state index in [0.29, 0.717) is 17.9 Å². The second-order valence-electron chi connectivity index (χ2n) is 5.31. The Balaban J connectivity index is 1.64. The Morgan fingerprint density at radius 3 is 2.62 bits per heavy atom. The van der Waals surface area contributed by atoms with E-state index in [-0.39, 0.29) is 11.4 Å². The molecule has 0 saturated carbocycles. The van der Waals surface area contributed by atoms with Gasteiger partial charge in [-0.3, -0.25) is 0 Å². The fourth-order valence-corrected chi connectivity index (χ4v) is 4.60. The van der Waals surface area contributed by atoms with Crippen LogP contribution in [0.5, 0.6) is 0 Å². The second-order valence-corrected chi connectivity index (χ2v) is 7.87. The van der Waals surface area contributed by atoms with Gasteiger partial charge in [0.05, 0.1) is 5.69 Å². The predicted octanol–water partition coefficient (Wildman–Crippen LogP) is 2.94. The molecule has 0 radical (unpaired) electrons. The number of aryl methyl sites for hydroxylation is 2. The lowest BCUT2D eigenvalue weighted by atomic mass is 10.2. The third-order valence-electron chi connectivity index (χ3n) is 3.48. The maximum absolute atomic E-state index is 12.3. The third kappa shape index (κ3) is 3.55. The first-order chi connectivity index (χ1) is 11.5. The van der Waals surface area contributed by atoms with E-state index in [9.17, 15) is 8.42 Å². The molecule has 0 aliphatic carbocycles. The minimum atomic E-state index is -3.62. The average molecular weight is 363 g/mol. The van der Waals surface area contributed by atoms with Gasteiger partial charge in [0.25, 0.3) is 0 Å². The third-order valence-corrected chi connectivity index (χ3v) is 6.13. The number of aromatic nitrogens is 2. The minimum Gasteiger partial charge on any atom is -0.360 e. The number of hydrogen-bond donors (Lipinski definition) is 1. The Kier molecular flexibility index (Phi) is 4.79. The first-order valence-corrected chi connectivity index (χ1v) is 9.76. The first-order valence-electron chi connectivity index (χ1n) is 7.40. The highest BCUT2D eigenvalue weighted by Gasteiger charge is 2.23. The fraction of sp³-hybridized carbons (Fsp3) is 0.250. The molecule has 2 aromatic heterocycles. The first kappa shape index (κ1) is 16.8. The molecule has 24 heavy (non-hydrogen) atoms. The van der Waals surface area contributed by atoms with Crippen molar-refractivity contribution in [3.63, 3.8) is 0 Å². The van der Waals surface area contributed by atoms with Gasteiger partial charge in [0, 0.05) is 23.9 Å². The topological polar surface area (TPSA) is 85.1 Å². The number of nitrogens with one attached hydrogen (secondary N) is 1. The van der Waals surface area contributed by atoms with Crippen LogP contribution in [0.15, 0.2) is 45.1 Å². The molecule has 0 unspecified atom stereocenters. The molecule has 3 rings (SSSR count). The molecule has 0 aliphatic heterocycles. The van der Waals surface area contributed by atoms with Crippen LogP contribution < -0.4 is 4.72 Å². The van der Waals surface area contributed by atoms with Gasteiger partial charge in [-0.2, -0.15) is 0 Å². The normalized spacial score (nSPS) is 11.8. The summed E-state index contributed by atoms with van der Waals surface area (Å²) in [6.07, 6.45) is 0.520. The molecule has 0 spiro atoms. The summed E-state index contributed by atoms with van der Waals surface area (Å²) >= 11 is 1.55. The highest BCUT2D eigenvalue weighted by Crippen LogP contribution is 2.23. The molecule has 0 bridgehead atoms. The summed E-state index contributed by atoms with van der Waals surface area (Å²) in [6.45, 7) is 3.46. The van der Waals surface area contributed by atoms with Crippen LogP contribution in [0.3, 0.4) is 0 Å². The Labute approximate surface area is 144 Å². The highest BCUT2D eigenvalue weighted by molar-refractivity contribution is 7.89. The van der Waals surface area contributed by atoms with Crippen LogP contribution in [0.1, 0.15) is 17.1 Å². The van der Waals surface area contributed by atoms with Gasteiger partial charge in [0.2, 0.25) is 10.0 Å². The van der Waals surface area contributed by atoms with E-state index < -0.39 is 10.0 Å². The zero-order valence-corrected chi connectivity index (χ0v) is 14.9. The highest BCUT2D eigenvalue weighted by atomic mass is 32.2. The van der Waals surface area contributed by atoms with Crippen LogP contribution in [0, 0.1) is 13.8 Å². The van der Waals surface area contributed by atoms with Crippen LogP contribution in [0.25, 0.3) is 10.6 Å². The van der Waals surface area contributed by atoms with Crippen LogP contribution in [0.2, 0.25) is 0 Å². The summed E-state index contributed by atoms with van der Waals surface area (Å²) in [6, 6.07) is 9.90. The fourth-order valence-electron chi connectivity index (χ4n) is 2.38. The van der Waals surface area contributed by atoms with Gasteiger partial charge >= 0.3 is 0 Å². The number of hydrogen-bond acceptors (Lipinski definition) is 6. The lowest BCUT2D eigenvalue weighted by Crippen LogP contribution is -2.26. The van der Waals surface area contributed by atoms with E-state index in [0.717, 1.165) is 16.3 Å². The maximum atomic E-state index is 12.3. The molecular weight excluding hydrogens is 346 g/mol. The quantitative estimate of drug-likeness (QED) is 0.728. The van der Waals surface area contributed by atoms with Gasteiger partial charge < -0.3 is 4.52 Å². The molecule has 1 aromatic carbocycles. The Bertz CT molecular complexity index is 911. The lowest BCUT2D eigenvalue weighted by molar-refractivity contribution is 0.390. The summed E-state index contributed by atoms with van der Waals surface area (Å²) in [5.74, 6) is 0.292. The van der Waals surface area contributed by atoms with E-state index in [1.807, 2.05) is 35.7 Å². The molecule has 0 fully saturated rings. The second kappa shape index (κ2) is 6.84. The van der Waals surface area contributed by atoms with Crippen molar-refractivity contribution in [1.82, 2.24) is 14.9 Å². The number of nitrogens with zero attached hydrogens (tertiary/aromatic N) is 2. The van der Waals surface area contributed by atoms with E-state index in [2.05, 4.69) is 14.9 Å². The van der Waals surface area contributed by atoms with Crippen LogP contribution in [-0.2, 0) is 16.4 Å². The molecule has 126 valence electrons. The SMILES string of the molecule is Cc1noc(C)c1S(=O)(=O)NCCc1csc(-c2ccccc2)n1. The van der Waals surface area contributed by atoms with Crippen LogP contribution >= 0.6 is 11.3 Å². The Morgan fingerprint density at radius 2 is 1.96 bits per heavy atom. The molecule has 0 saturated heterocycles. The number of benzene rings is 1. The van der Waals surface area contributed by atoms with Gasteiger partial charge in [-0.15, -0.1) is 11.3 Å². The van der Waals surface area contributed by atoms with E-state index >= 15 is 0 Å². The molecule has 0 aliphatic rings. The van der Waals surface area contributed by atoms with Crippen molar-refractivity contribution >= 4 is 21.4 Å². The molecular formula is C16H17N3O3S2. The van der Waals surface area contributed by atoms with Crippen LogP contribution in [0.4, 0.5) is 0 Å². The summed E-state index contributed by atoms with van der Waals surface area (Å²) in [4.78, 5) is 4.67. The lowest BCUT2D eigenvalue weighted by Gasteiger charge is -2.05. The van der Waals surface area contributed by atoms with E-state index in [1.54, 1.807) is 25.2 Å². The zero-order valence-electron chi connectivity index (χ0n) is 13.3. The van der Waals surface area contributed by atoms with E-state index in [1.165, 1.54) is 0 Å². The summed E-state index contributed by atoms with van der Waals surface area (Å²) in [5.41, 5.74) is 2.28. The molecule has 3 aromatic rings. The standard InChI is InChI=1S/C16H17N3O3S2/c1-11-15(12(2)22-19-11)24(20,21)17-9-8-14-10-23-16(18-14)13-6-4-3-5-7-13/h3-7,10,17H,8-9H2,1-2H3. The number of rotatable bonds is 6. The van der Waals surface area contributed by atoms with Gasteiger partial charge in [-0.05, 0) is 13.8 Å². The Morgan fingerprint density at radius 1 is 1.21 bits per heavy atom. The zero-order chi connectivity index (χ0) is 17.2. The summed E-state index contributed by atoms with van der Waals surface area (Å²) in [5, 5.41) is 6.56. The largest absolute Gasteiger partial charge is 0.360 e. The van der Waals surface area contributed by atoms with Crippen molar-refractivity contribution in [1.29, 1.82) is 0 Å². The minimum absolute atomic E-state index is 0.116. The molecule has 6 nitrogen and oxygen atoms in total. The number of sulfonamides is 1. The molecule has 0 amide bonds. The van der Waals surface area contributed by atoms with Crippen molar-refractivity contribution in [2.75, 3.05) is 6.54 Å². The van der Waals surface area contributed by atoms with Crippen molar-refractivity contribution in [3.8, 4) is 10.6 Å². The van der Waals surface area contributed by atoms with Gasteiger partial charge in [0.1, 0.15) is 15.6 Å². The van der Waals surface area contributed by atoms with Crippen molar-refractivity contribution < 1.29 is 12.9 Å². The van der Waals surface area contributed by atoms with Crippen molar-refractivity contribution in [3.05, 3.63) is 52.9 Å². The van der Waals surface area contributed by atoms with Gasteiger partial charge in [-0.1, -0.05) is 35.5 Å². The monoisotopic (exact) mass is 363 g/mol. The van der Waals surface area contributed by atoms with Crippen LogP contribution in [-0.4, -0.2) is 25.1 Å². The maximum Gasteiger partial charge on any atom is 0.245 e. The molecule has 1 N–H and O–H groups in total. The van der Waals surface area contributed by atoms with Crippen molar-refractivity contribution in [2.24, 2.45) is 0 Å². The van der Waals surface area contributed by atoms with Crippen molar-refractivity contribution in [2.45, 2.75) is 25.2 Å². The predicted molar refractivity (Wildman–Crippen MR) is 92.4 cm³/mol. The molecule has 2 heterocycles. The summed E-state index contributed by atoms with van der Waals surface area (Å²) in [7, 11) is -3.62. The van der Waals surface area contributed by atoms with Gasteiger partial charge in [-0.25, -0.2) is 18.1 Å². The molecule has 8 heteroatoms. The smallest absolute Gasteiger partial charge is 0.245 e. The average Bonchev–Trinajstić information content (AvgIpc) is 3.15. The Hall–Kier alpha value is -2.03. The van der Waals surface area contributed by atoms with E-state index in [4.69, 9.17) is 4.52 Å². The molecule has 0 atom stereocenters. The number of thiazole rings is 1.